The first-order valence-corrected chi connectivity index (χ1v) is 5.62. The van der Waals surface area contributed by atoms with E-state index >= 15 is 0 Å². The van der Waals surface area contributed by atoms with E-state index in [9.17, 15) is 4.79 Å². The molecule has 1 amide bonds. The Balaban J connectivity index is 2.63. The molecule has 0 radical (unpaired) electrons. The van der Waals surface area contributed by atoms with E-state index < -0.39 is 0 Å². The van der Waals surface area contributed by atoms with Crippen molar-refractivity contribution in [2.24, 2.45) is 11.7 Å². The summed E-state index contributed by atoms with van der Waals surface area (Å²) in [5.41, 5.74) is 5.55. The van der Waals surface area contributed by atoms with Gasteiger partial charge >= 0.3 is 0 Å². The van der Waals surface area contributed by atoms with Crippen molar-refractivity contribution >= 4 is 23.1 Å². The maximum atomic E-state index is 12.0. The van der Waals surface area contributed by atoms with Gasteiger partial charge in [0.25, 0.3) is 0 Å². The Labute approximate surface area is 90.6 Å². The van der Waals surface area contributed by atoms with Crippen LogP contribution in [0.3, 0.4) is 0 Å². The maximum absolute atomic E-state index is 12.0. The molecule has 0 saturated heterocycles. The molecule has 0 heterocycles. The zero-order chi connectivity index (χ0) is 10.7. The predicted molar refractivity (Wildman–Crippen MR) is 61.0 cm³/mol. The average molecular weight is 214 g/mol. The van der Waals surface area contributed by atoms with Gasteiger partial charge in [-0.05, 0) is 26.2 Å². The highest BCUT2D eigenvalue weighted by Gasteiger charge is 2.34. The van der Waals surface area contributed by atoms with E-state index in [1.807, 2.05) is 18.7 Å². The summed E-state index contributed by atoms with van der Waals surface area (Å²) in [6.07, 6.45) is 2.97. The molecule has 0 aromatic carbocycles. The van der Waals surface area contributed by atoms with E-state index in [1.54, 1.807) is 0 Å². The third-order valence-corrected chi connectivity index (χ3v) is 2.95. The topological polar surface area (TPSA) is 46.3 Å². The van der Waals surface area contributed by atoms with E-state index in [1.165, 1.54) is 0 Å². The van der Waals surface area contributed by atoms with Crippen LogP contribution >= 0.6 is 12.2 Å². The number of thiocarbonyl (C=S) groups is 1. The van der Waals surface area contributed by atoms with Gasteiger partial charge < -0.3 is 10.6 Å². The van der Waals surface area contributed by atoms with Crippen LogP contribution in [0, 0.1) is 5.92 Å². The van der Waals surface area contributed by atoms with Crippen molar-refractivity contribution in [1.29, 1.82) is 0 Å². The van der Waals surface area contributed by atoms with Crippen molar-refractivity contribution in [3.8, 4) is 0 Å². The van der Waals surface area contributed by atoms with Gasteiger partial charge in [-0.25, -0.2) is 0 Å². The Morgan fingerprint density at radius 1 is 1.57 bits per heavy atom. The lowest BCUT2D eigenvalue weighted by Gasteiger charge is -2.24. The molecule has 1 saturated carbocycles. The first-order chi connectivity index (χ1) is 6.61. The van der Waals surface area contributed by atoms with Gasteiger partial charge in [-0.1, -0.05) is 19.1 Å². The standard InChI is InChI=1S/C10H18N2OS/c1-3-8(9(11)14)10(13)12(4-2)7-5-6-7/h7-8H,3-6H2,1-2H3,(H2,11,14). The molecule has 0 aliphatic heterocycles. The normalized spacial score (nSPS) is 17.6. The molecule has 0 bridgehead atoms. The third kappa shape index (κ3) is 2.44. The fraction of sp³-hybridized carbons (Fsp3) is 0.800. The van der Waals surface area contributed by atoms with Crippen LogP contribution in [0.15, 0.2) is 0 Å². The molecule has 1 aliphatic carbocycles. The summed E-state index contributed by atoms with van der Waals surface area (Å²) in [6.45, 7) is 4.72. The lowest BCUT2D eigenvalue weighted by Crippen LogP contribution is -2.42. The highest BCUT2D eigenvalue weighted by Crippen LogP contribution is 2.28. The quantitative estimate of drug-likeness (QED) is 0.702. The molecule has 1 fully saturated rings. The number of nitrogens with two attached hydrogens (primary N) is 1. The average Bonchev–Trinajstić information content (AvgIpc) is 2.90. The number of amides is 1. The van der Waals surface area contributed by atoms with Gasteiger partial charge in [0.1, 0.15) is 0 Å². The van der Waals surface area contributed by atoms with Gasteiger partial charge in [-0.15, -0.1) is 0 Å². The monoisotopic (exact) mass is 214 g/mol. The zero-order valence-electron chi connectivity index (χ0n) is 8.82. The summed E-state index contributed by atoms with van der Waals surface area (Å²) in [5.74, 6) is -0.143. The Morgan fingerprint density at radius 3 is 2.43 bits per heavy atom. The maximum Gasteiger partial charge on any atom is 0.232 e. The molecule has 0 aromatic heterocycles. The Hall–Kier alpha value is -0.640. The van der Waals surface area contributed by atoms with Crippen molar-refractivity contribution in [2.75, 3.05) is 6.54 Å². The fourth-order valence-corrected chi connectivity index (χ4v) is 1.95. The summed E-state index contributed by atoms with van der Waals surface area (Å²) in [7, 11) is 0. The number of rotatable bonds is 5. The summed E-state index contributed by atoms with van der Waals surface area (Å²) in [4.78, 5) is 14.2. The molecule has 4 heteroatoms. The predicted octanol–water partition coefficient (Wildman–Crippen LogP) is 1.31. The van der Waals surface area contributed by atoms with E-state index in [-0.39, 0.29) is 11.8 Å². The van der Waals surface area contributed by atoms with Gasteiger partial charge in [0.15, 0.2) is 0 Å². The molecular weight excluding hydrogens is 196 g/mol. The molecular formula is C10H18N2OS. The second-order valence-corrected chi connectivity index (χ2v) is 4.19. The minimum absolute atomic E-state index is 0.116. The van der Waals surface area contributed by atoms with E-state index in [4.69, 9.17) is 18.0 Å². The third-order valence-electron chi connectivity index (χ3n) is 2.66. The lowest BCUT2D eigenvalue weighted by molar-refractivity contribution is -0.133. The molecule has 1 unspecified atom stereocenters. The van der Waals surface area contributed by atoms with Gasteiger partial charge in [-0.3, -0.25) is 4.79 Å². The largest absolute Gasteiger partial charge is 0.393 e. The van der Waals surface area contributed by atoms with Gasteiger partial charge in [0.2, 0.25) is 5.91 Å². The Bertz CT molecular complexity index is 238. The number of carbonyl (C=O) groups is 1. The van der Waals surface area contributed by atoms with Gasteiger partial charge in [-0.2, -0.15) is 0 Å². The summed E-state index contributed by atoms with van der Waals surface area (Å²) in [5, 5.41) is 0. The van der Waals surface area contributed by atoms with Crippen LogP contribution in [0.4, 0.5) is 0 Å². The second-order valence-electron chi connectivity index (χ2n) is 3.72. The molecule has 2 N–H and O–H groups in total. The molecule has 0 aromatic rings. The highest BCUT2D eigenvalue weighted by atomic mass is 32.1. The van der Waals surface area contributed by atoms with Crippen molar-refractivity contribution in [3.63, 3.8) is 0 Å². The van der Waals surface area contributed by atoms with Crippen LogP contribution in [0.2, 0.25) is 0 Å². The fourth-order valence-electron chi connectivity index (χ4n) is 1.68. The molecule has 14 heavy (non-hydrogen) atoms. The van der Waals surface area contributed by atoms with Crippen molar-refractivity contribution < 1.29 is 4.79 Å². The van der Waals surface area contributed by atoms with Crippen molar-refractivity contribution in [1.82, 2.24) is 4.90 Å². The summed E-state index contributed by atoms with van der Waals surface area (Å²) in [6, 6.07) is 0.455. The van der Waals surface area contributed by atoms with Crippen LogP contribution in [-0.2, 0) is 4.79 Å². The highest BCUT2D eigenvalue weighted by molar-refractivity contribution is 7.80. The number of carbonyl (C=O) groups excluding carboxylic acids is 1. The lowest BCUT2D eigenvalue weighted by atomic mass is 10.1. The first-order valence-electron chi connectivity index (χ1n) is 5.21. The Morgan fingerprint density at radius 2 is 2.14 bits per heavy atom. The van der Waals surface area contributed by atoms with E-state index in [2.05, 4.69) is 0 Å². The van der Waals surface area contributed by atoms with Gasteiger partial charge in [0, 0.05) is 12.6 Å². The molecule has 0 spiro atoms. The van der Waals surface area contributed by atoms with E-state index in [0.717, 1.165) is 19.4 Å². The van der Waals surface area contributed by atoms with Crippen LogP contribution in [-0.4, -0.2) is 28.4 Å². The molecule has 1 atom stereocenters. The number of hydrogen-bond acceptors (Lipinski definition) is 2. The second kappa shape index (κ2) is 4.73. The minimum Gasteiger partial charge on any atom is -0.393 e. The summed E-state index contributed by atoms with van der Waals surface area (Å²) < 4.78 is 0. The summed E-state index contributed by atoms with van der Waals surface area (Å²) >= 11 is 4.90. The van der Waals surface area contributed by atoms with Crippen molar-refractivity contribution in [2.45, 2.75) is 39.2 Å². The molecule has 80 valence electrons. The smallest absolute Gasteiger partial charge is 0.232 e. The van der Waals surface area contributed by atoms with Crippen molar-refractivity contribution in [3.05, 3.63) is 0 Å². The minimum atomic E-state index is -0.259. The molecule has 1 aliphatic rings. The molecule has 1 rings (SSSR count). The SMILES string of the molecule is CCC(C(=O)N(CC)C1CC1)C(N)=S. The van der Waals surface area contributed by atoms with Crippen LogP contribution < -0.4 is 5.73 Å². The Kier molecular flexibility index (Phi) is 3.86. The van der Waals surface area contributed by atoms with Crippen LogP contribution in [0.5, 0.6) is 0 Å². The zero-order valence-corrected chi connectivity index (χ0v) is 9.64. The van der Waals surface area contributed by atoms with Gasteiger partial charge in [0.05, 0.1) is 10.9 Å². The first kappa shape index (κ1) is 11.4. The van der Waals surface area contributed by atoms with Crippen LogP contribution in [0.25, 0.3) is 0 Å². The van der Waals surface area contributed by atoms with Crippen LogP contribution in [0.1, 0.15) is 33.1 Å². The van der Waals surface area contributed by atoms with E-state index in [0.29, 0.717) is 17.5 Å². The molecule has 3 nitrogen and oxygen atoms in total. The number of hydrogen-bond donors (Lipinski definition) is 1. The number of nitrogens with zero attached hydrogens (tertiary/aromatic N) is 1.